The number of anilines is 2. The lowest BCUT2D eigenvalue weighted by Gasteiger charge is -2.33. The number of amides is 2. The van der Waals surface area contributed by atoms with Gasteiger partial charge in [-0.25, -0.2) is 0 Å². The van der Waals surface area contributed by atoms with E-state index in [2.05, 4.69) is 20.4 Å². The highest BCUT2D eigenvalue weighted by Crippen LogP contribution is 2.34. The number of piperazine rings is 1. The van der Waals surface area contributed by atoms with Gasteiger partial charge in [0.25, 0.3) is 0 Å². The molecule has 0 atom stereocenters. The Morgan fingerprint density at radius 1 is 0.839 bits per heavy atom. The summed E-state index contributed by atoms with van der Waals surface area (Å²) in [5.74, 6) is 1.26. The molecule has 2 aromatic carbocycles. The first kappa shape index (κ1) is 21.1. The normalized spacial score (nSPS) is 16.2. The minimum atomic E-state index is -0.0694. The van der Waals surface area contributed by atoms with E-state index >= 15 is 0 Å². The molecule has 2 heterocycles. The lowest BCUT2D eigenvalue weighted by Crippen LogP contribution is -2.50. The van der Waals surface area contributed by atoms with Crippen molar-refractivity contribution in [3.05, 3.63) is 47.5 Å². The van der Waals surface area contributed by atoms with Crippen LogP contribution in [0.15, 0.2) is 36.4 Å². The van der Waals surface area contributed by atoms with Crippen molar-refractivity contribution in [1.29, 1.82) is 0 Å². The number of nitrogens with one attached hydrogen (secondary N) is 2. The lowest BCUT2D eigenvalue weighted by atomic mass is 10.1. The second-order valence-corrected chi connectivity index (χ2v) is 7.98. The van der Waals surface area contributed by atoms with Crippen molar-refractivity contribution in [2.45, 2.75) is 13.8 Å². The van der Waals surface area contributed by atoms with Crippen molar-refractivity contribution in [3.8, 4) is 11.5 Å². The van der Waals surface area contributed by atoms with Gasteiger partial charge in [-0.1, -0.05) is 18.2 Å². The summed E-state index contributed by atoms with van der Waals surface area (Å²) in [4.78, 5) is 29.1. The Hall–Kier alpha value is -3.10. The number of carbonyl (C=O) groups is 2. The van der Waals surface area contributed by atoms with Crippen molar-refractivity contribution < 1.29 is 19.1 Å². The molecule has 31 heavy (non-hydrogen) atoms. The predicted octanol–water partition coefficient (Wildman–Crippen LogP) is 2.23. The van der Waals surface area contributed by atoms with Gasteiger partial charge < -0.3 is 20.1 Å². The highest BCUT2D eigenvalue weighted by molar-refractivity contribution is 5.94. The topological polar surface area (TPSA) is 83.1 Å². The average Bonchev–Trinajstić information content (AvgIpc) is 3.20. The number of rotatable bonds is 6. The van der Waals surface area contributed by atoms with Gasteiger partial charge in [-0.2, -0.15) is 0 Å². The van der Waals surface area contributed by atoms with Crippen LogP contribution < -0.4 is 20.1 Å². The zero-order chi connectivity index (χ0) is 21.8. The van der Waals surface area contributed by atoms with Gasteiger partial charge in [0.15, 0.2) is 11.5 Å². The molecule has 4 rings (SSSR count). The van der Waals surface area contributed by atoms with Gasteiger partial charge in [0, 0.05) is 43.6 Å². The maximum absolute atomic E-state index is 12.5. The molecule has 0 spiro atoms. The zero-order valence-corrected chi connectivity index (χ0v) is 17.9. The fourth-order valence-corrected chi connectivity index (χ4v) is 3.88. The van der Waals surface area contributed by atoms with Crippen LogP contribution in [0.5, 0.6) is 11.5 Å². The Bertz CT molecular complexity index is 950. The van der Waals surface area contributed by atoms with E-state index in [1.54, 1.807) is 18.2 Å². The Kier molecular flexibility index (Phi) is 6.39. The van der Waals surface area contributed by atoms with Crippen LogP contribution in [0.3, 0.4) is 0 Å². The van der Waals surface area contributed by atoms with E-state index < -0.39 is 0 Å². The molecule has 2 N–H and O–H groups in total. The molecule has 0 radical (unpaired) electrons. The molecule has 0 aliphatic carbocycles. The van der Waals surface area contributed by atoms with Crippen LogP contribution in [0.25, 0.3) is 0 Å². The molecular weight excluding hydrogens is 396 g/mol. The van der Waals surface area contributed by atoms with Crippen LogP contribution in [-0.4, -0.2) is 67.7 Å². The van der Waals surface area contributed by atoms with E-state index in [0.29, 0.717) is 30.3 Å². The second-order valence-electron chi connectivity index (χ2n) is 7.98. The first-order valence-electron chi connectivity index (χ1n) is 10.5. The quantitative estimate of drug-likeness (QED) is 0.740. The van der Waals surface area contributed by atoms with Crippen molar-refractivity contribution in [3.63, 3.8) is 0 Å². The van der Waals surface area contributed by atoms with E-state index in [-0.39, 0.29) is 18.6 Å². The van der Waals surface area contributed by atoms with E-state index in [9.17, 15) is 9.59 Å². The molecule has 1 fully saturated rings. The van der Waals surface area contributed by atoms with Gasteiger partial charge in [0.1, 0.15) is 0 Å². The second kappa shape index (κ2) is 9.36. The summed E-state index contributed by atoms with van der Waals surface area (Å²) < 4.78 is 10.6. The van der Waals surface area contributed by atoms with Gasteiger partial charge in [-0.15, -0.1) is 0 Å². The standard InChI is InChI=1S/C23H28N4O4/c1-16-4-3-5-17(2)23(16)25-22(29)14-27-10-8-26(9-11-27)13-21(28)24-18-6-7-19-20(12-18)31-15-30-19/h3-7,12H,8-11,13-15H2,1-2H3,(H,24,28)(H,25,29). The highest BCUT2D eigenvalue weighted by Gasteiger charge is 2.21. The van der Waals surface area contributed by atoms with Gasteiger partial charge in [0.2, 0.25) is 18.6 Å². The van der Waals surface area contributed by atoms with Crippen LogP contribution in [0.4, 0.5) is 11.4 Å². The Labute approximate surface area is 182 Å². The highest BCUT2D eigenvalue weighted by atomic mass is 16.7. The fraction of sp³-hybridized carbons (Fsp3) is 0.391. The summed E-state index contributed by atoms with van der Waals surface area (Å²) in [5, 5.41) is 5.94. The number of hydrogen-bond acceptors (Lipinski definition) is 6. The van der Waals surface area contributed by atoms with E-state index in [0.717, 1.165) is 43.0 Å². The minimum Gasteiger partial charge on any atom is -0.454 e. The number of aryl methyl sites for hydroxylation is 2. The van der Waals surface area contributed by atoms with Crippen LogP contribution in [0.1, 0.15) is 11.1 Å². The number of hydrogen-bond donors (Lipinski definition) is 2. The van der Waals surface area contributed by atoms with Crippen molar-refractivity contribution in [1.82, 2.24) is 9.80 Å². The predicted molar refractivity (Wildman–Crippen MR) is 119 cm³/mol. The van der Waals surface area contributed by atoms with Crippen LogP contribution in [-0.2, 0) is 9.59 Å². The summed E-state index contributed by atoms with van der Waals surface area (Å²) >= 11 is 0. The average molecular weight is 425 g/mol. The molecule has 8 heteroatoms. The largest absolute Gasteiger partial charge is 0.454 e. The molecule has 0 aromatic heterocycles. The van der Waals surface area contributed by atoms with Gasteiger partial charge in [-0.3, -0.25) is 19.4 Å². The first-order valence-corrected chi connectivity index (χ1v) is 10.5. The van der Waals surface area contributed by atoms with Gasteiger partial charge in [0.05, 0.1) is 13.1 Å². The van der Waals surface area contributed by atoms with Gasteiger partial charge >= 0.3 is 0 Å². The van der Waals surface area contributed by atoms with E-state index in [1.165, 1.54) is 0 Å². The number of fused-ring (bicyclic) bond motifs is 1. The summed E-state index contributed by atoms with van der Waals surface area (Å²) in [5.41, 5.74) is 3.71. The third-order valence-corrected chi connectivity index (χ3v) is 5.60. The van der Waals surface area contributed by atoms with Crippen LogP contribution >= 0.6 is 0 Å². The van der Waals surface area contributed by atoms with E-state index in [1.807, 2.05) is 32.0 Å². The fourth-order valence-electron chi connectivity index (χ4n) is 3.88. The van der Waals surface area contributed by atoms with Crippen molar-refractivity contribution in [2.24, 2.45) is 0 Å². The van der Waals surface area contributed by atoms with E-state index in [4.69, 9.17) is 9.47 Å². The molecule has 164 valence electrons. The molecule has 0 bridgehead atoms. The Morgan fingerprint density at radius 3 is 2.06 bits per heavy atom. The molecular formula is C23H28N4O4. The number of benzene rings is 2. The summed E-state index contributed by atoms with van der Waals surface area (Å²) in [6.45, 7) is 7.85. The molecule has 2 amide bonds. The SMILES string of the molecule is Cc1cccc(C)c1NC(=O)CN1CCN(CC(=O)Nc2ccc3c(c2)OCO3)CC1. The molecule has 2 aromatic rings. The smallest absolute Gasteiger partial charge is 0.238 e. The van der Waals surface area contributed by atoms with Crippen LogP contribution in [0, 0.1) is 13.8 Å². The maximum Gasteiger partial charge on any atom is 0.238 e. The monoisotopic (exact) mass is 424 g/mol. The summed E-state index contributed by atoms with van der Waals surface area (Å²) in [7, 11) is 0. The first-order chi connectivity index (χ1) is 15.0. The zero-order valence-electron chi connectivity index (χ0n) is 17.9. The molecule has 0 saturated carbocycles. The molecule has 1 saturated heterocycles. The van der Waals surface area contributed by atoms with Crippen LogP contribution in [0.2, 0.25) is 0 Å². The number of para-hydroxylation sites is 1. The third kappa shape index (κ3) is 5.34. The number of nitrogens with zero attached hydrogens (tertiary/aromatic N) is 2. The third-order valence-electron chi connectivity index (χ3n) is 5.60. The van der Waals surface area contributed by atoms with Crippen molar-refractivity contribution in [2.75, 3.05) is 56.7 Å². The molecule has 2 aliphatic heterocycles. The molecule has 0 unspecified atom stereocenters. The summed E-state index contributed by atoms with van der Waals surface area (Å²) in [6.07, 6.45) is 0. The summed E-state index contributed by atoms with van der Waals surface area (Å²) in [6, 6.07) is 11.3. The Balaban J connectivity index is 1.20. The molecule has 8 nitrogen and oxygen atoms in total. The molecule has 2 aliphatic rings. The van der Waals surface area contributed by atoms with Gasteiger partial charge in [-0.05, 0) is 37.1 Å². The number of ether oxygens (including phenoxy) is 2. The lowest BCUT2D eigenvalue weighted by molar-refractivity contribution is -0.120. The Morgan fingerprint density at radius 2 is 1.42 bits per heavy atom. The minimum absolute atomic E-state index is 0.00796. The maximum atomic E-state index is 12.5. The number of carbonyl (C=O) groups excluding carboxylic acids is 2. The van der Waals surface area contributed by atoms with Crippen molar-refractivity contribution >= 4 is 23.2 Å².